The van der Waals surface area contributed by atoms with Gasteiger partial charge >= 0.3 is 11.9 Å². The molecule has 212 valence electrons. The summed E-state index contributed by atoms with van der Waals surface area (Å²) in [7, 11) is 0. The Balaban J connectivity index is 2.08. The van der Waals surface area contributed by atoms with Crippen molar-refractivity contribution < 1.29 is 19.1 Å². The van der Waals surface area contributed by atoms with Gasteiger partial charge in [-0.3, -0.25) is 9.59 Å². The summed E-state index contributed by atoms with van der Waals surface area (Å²) in [6, 6.07) is 0. The maximum absolute atomic E-state index is 12.4. The molecule has 0 radical (unpaired) electrons. The lowest BCUT2D eigenvalue weighted by Gasteiger charge is -2.26. The number of rotatable bonds is 16. The lowest BCUT2D eigenvalue weighted by Crippen LogP contribution is -2.28. The van der Waals surface area contributed by atoms with E-state index in [2.05, 4.69) is 55.4 Å². The molecular formula is C32H60O4. The monoisotopic (exact) mass is 508 g/mol. The average Bonchev–Trinajstić information content (AvgIpc) is 2.80. The van der Waals surface area contributed by atoms with Crippen molar-refractivity contribution in [2.75, 3.05) is 13.2 Å². The number of hydrogen-bond acceptors (Lipinski definition) is 4. The van der Waals surface area contributed by atoms with Crippen molar-refractivity contribution in [2.45, 2.75) is 145 Å². The van der Waals surface area contributed by atoms with E-state index in [1.54, 1.807) is 0 Å². The number of carbonyl (C=O) groups excluding carboxylic acids is 2. The normalized spacial score (nSPS) is 20.6. The minimum atomic E-state index is -0.0665. The molecule has 2 atom stereocenters. The van der Waals surface area contributed by atoms with Crippen LogP contribution in [-0.4, -0.2) is 25.2 Å². The SMILES string of the molecule is CC(CCCCOC(=O)C1CCC(C(=O)OCCCCC(C)CCC(C)(C)C)CC1)CCC(C)(C)C. The van der Waals surface area contributed by atoms with Crippen LogP contribution in [0.5, 0.6) is 0 Å². The summed E-state index contributed by atoms with van der Waals surface area (Å²) in [5.74, 6) is 1.24. The summed E-state index contributed by atoms with van der Waals surface area (Å²) in [4.78, 5) is 24.9. The third-order valence-electron chi connectivity index (χ3n) is 7.84. The number of ether oxygens (including phenoxy) is 2. The second-order valence-corrected chi connectivity index (χ2v) is 14.3. The zero-order valence-electron chi connectivity index (χ0n) is 25.3. The lowest BCUT2D eigenvalue weighted by molar-refractivity contribution is -0.155. The van der Waals surface area contributed by atoms with Gasteiger partial charge in [0.15, 0.2) is 0 Å². The quantitative estimate of drug-likeness (QED) is 0.154. The van der Waals surface area contributed by atoms with Crippen molar-refractivity contribution in [3.8, 4) is 0 Å². The molecule has 1 rings (SSSR count). The largest absolute Gasteiger partial charge is 0.465 e. The van der Waals surface area contributed by atoms with Gasteiger partial charge in [-0.15, -0.1) is 0 Å². The summed E-state index contributed by atoms with van der Waals surface area (Å²) in [6.07, 6.45) is 14.6. The van der Waals surface area contributed by atoms with Gasteiger partial charge in [0.1, 0.15) is 0 Å². The Kier molecular flexibility index (Phi) is 15.3. The first-order valence-electron chi connectivity index (χ1n) is 15.1. The molecule has 36 heavy (non-hydrogen) atoms. The molecule has 0 aromatic carbocycles. The van der Waals surface area contributed by atoms with E-state index in [-0.39, 0.29) is 23.8 Å². The molecule has 0 saturated heterocycles. The predicted molar refractivity (Wildman–Crippen MR) is 151 cm³/mol. The van der Waals surface area contributed by atoms with E-state index in [9.17, 15) is 9.59 Å². The van der Waals surface area contributed by atoms with Crippen LogP contribution in [0.15, 0.2) is 0 Å². The van der Waals surface area contributed by atoms with Crippen LogP contribution in [0.2, 0.25) is 0 Å². The molecule has 0 N–H and O–H groups in total. The first kappa shape index (κ1) is 33.0. The van der Waals surface area contributed by atoms with E-state index >= 15 is 0 Å². The number of unbranched alkanes of at least 4 members (excludes halogenated alkanes) is 2. The lowest BCUT2D eigenvalue weighted by atomic mass is 9.82. The van der Waals surface area contributed by atoms with Crippen molar-refractivity contribution >= 4 is 11.9 Å². The van der Waals surface area contributed by atoms with E-state index in [1.807, 2.05) is 0 Å². The van der Waals surface area contributed by atoms with Crippen LogP contribution in [0.1, 0.15) is 145 Å². The Hall–Kier alpha value is -1.06. The van der Waals surface area contributed by atoms with Crippen molar-refractivity contribution in [1.29, 1.82) is 0 Å². The van der Waals surface area contributed by atoms with Crippen molar-refractivity contribution in [1.82, 2.24) is 0 Å². The van der Waals surface area contributed by atoms with E-state index in [1.165, 1.54) is 38.5 Å². The third kappa shape index (κ3) is 16.6. The average molecular weight is 509 g/mol. The topological polar surface area (TPSA) is 52.6 Å². The van der Waals surface area contributed by atoms with Crippen molar-refractivity contribution in [3.63, 3.8) is 0 Å². The Bertz CT molecular complexity index is 551. The van der Waals surface area contributed by atoms with E-state index in [4.69, 9.17) is 9.47 Å². The molecule has 1 aliphatic carbocycles. The molecule has 1 aliphatic rings. The highest BCUT2D eigenvalue weighted by Crippen LogP contribution is 2.31. The number of carbonyl (C=O) groups is 2. The van der Waals surface area contributed by atoms with Gasteiger partial charge in [0.25, 0.3) is 0 Å². The Morgan fingerprint density at radius 1 is 0.611 bits per heavy atom. The zero-order chi connectivity index (χ0) is 27.2. The molecule has 0 spiro atoms. The summed E-state index contributed by atoms with van der Waals surface area (Å²) < 4.78 is 11.1. The Morgan fingerprint density at radius 2 is 0.944 bits per heavy atom. The molecule has 4 heteroatoms. The summed E-state index contributed by atoms with van der Waals surface area (Å²) >= 11 is 0. The summed E-state index contributed by atoms with van der Waals surface area (Å²) in [5, 5.41) is 0. The maximum Gasteiger partial charge on any atom is 0.308 e. The van der Waals surface area contributed by atoms with Gasteiger partial charge < -0.3 is 9.47 Å². The van der Waals surface area contributed by atoms with Gasteiger partial charge in [0.05, 0.1) is 25.0 Å². The molecule has 0 amide bonds. The van der Waals surface area contributed by atoms with E-state index < -0.39 is 0 Å². The second-order valence-electron chi connectivity index (χ2n) is 14.3. The van der Waals surface area contributed by atoms with Crippen LogP contribution in [0, 0.1) is 34.5 Å². The third-order valence-corrected chi connectivity index (χ3v) is 7.84. The molecule has 0 bridgehead atoms. The molecule has 0 aliphatic heterocycles. The van der Waals surface area contributed by atoms with Gasteiger partial charge in [-0.2, -0.15) is 0 Å². The zero-order valence-corrected chi connectivity index (χ0v) is 25.3. The minimum absolute atomic E-state index is 0.0469. The molecule has 0 heterocycles. The van der Waals surface area contributed by atoms with E-state index in [0.29, 0.717) is 24.0 Å². The van der Waals surface area contributed by atoms with Gasteiger partial charge in [0, 0.05) is 0 Å². The molecule has 1 saturated carbocycles. The number of esters is 2. The van der Waals surface area contributed by atoms with E-state index in [0.717, 1.165) is 63.2 Å². The standard InChI is InChI=1S/C32H60O4/c1-25(19-21-31(3,4)5)13-9-11-23-35-29(33)27-15-17-28(18-16-27)30(34)36-24-12-10-14-26(2)20-22-32(6,7)8/h25-28H,9-24H2,1-8H3. The summed E-state index contributed by atoms with van der Waals surface area (Å²) in [6.45, 7) is 19.5. The first-order chi connectivity index (χ1) is 16.8. The van der Waals surface area contributed by atoms with Gasteiger partial charge in [-0.05, 0) is 86.9 Å². The van der Waals surface area contributed by atoms with Crippen LogP contribution in [0.25, 0.3) is 0 Å². The summed E-state index contributed by atoms with van der Waals surface area (Å²) in [5.41, 5.74) is 0.813. The van der Waals surface area contributed by atoms with Crippen molar-refractivity contribution in [3.05, 3.63) is 0 Å². The molecule has 4 nitrogen and oxygen atoms in total. The predicted octanol–water partition coefficient (Wildman–Crippen LogP) is 9.14. The van der Waals surface area contributed by atoms with Crippen LogP contribution >= 0.6 is 0 Å². The smallest absolute Gasteiger partial charge is 0.308 e. The maximum atomic E-state index is 12.4. The highest BCUT2D eigenvalue weighted by Gasteiger charge is 2.31. The molecule has 1 fully saturated rings. The highest BCUT2D eigenvalue weighted by atomic mass is 16.5. The van der Waals surface area contributed by atoms with Gasteiger partial charge in [-0.25, -0.2) is 0 Å². The fourth-order valence-electron chi connectivity index (χ4n) is 4.98. The minimum Gasteiger partial charge on any atom is -0.465 e. The van der Waals surface area contributed by atoms with Crippen LogP contribution < -0.4 is 0 Å². The molecule has 0 aromatic heterocycles. The Morgan fingerprint density at radius 3 is 1.25 bits per heavy atom. The van der Waals surface area contributed by atoms with Crippen LogP contribution in [-0.2, 0) is 19.1 Å². The highest BCUT2D eigenvalue weighted by molar-refractivity contribution is 5.75. The van der Waals surface area contributed by atoms with Crippen LogP contribution in [0.4, 0.5) is 0 Å². The van der Waals surface area contributed by atoms with Gasteiger partial charge in [0.2, 0.25) is 0 Å². The van der Waals surface area contributed by atoms with Gasteiger partial charge in [-0.1, -0.05) is 81.1 Å². The fourth-order valence-corrected chi connectivity index (χ4v) is 4.98. The van der Waals surface area contributed by atoms with Crippen LogP contribution in [0.3, 0.4) is 0 Å². The molecule has 0 aromatic rings. The molecule has 2 unspecified atom stereocenters. The second kappa shape index (κ2) is 16.7. The first-order valence-corrected chi connectivity index (χ1v) is 15.1. The fraction of sp³-hybridized carbons (Fsp3) is 0.938. The molecular weight excluding hydrogens is 448 g/mol. The van der Waals surface area contributed by atoms with Crippen molar-refractivity contribution in [2.24, 2.45) is 34.5 Å². The number of hydrogen-bond donors (Lipinski definition) is 0. The Labute approximate surface area is 224 Å².